The predicted molar refractivity (Wildman–Crippen MR) is 96.4 cm³/mol. The molecule has 0 saturated carbocycles. The van der Waals surface area contributed by atoms with Gasteiger partial charge in [-0.1, -0.05) is 6.92 Å². The summed E-state index contributed by atoms with van der Waals surface area (Å²) in [4.78, 5) is 37.6. The van der Waals surface area contributed by atoms with E-state index in [4.69, 9.17) is 0 Å². The van der Waals surface area contributed by atoms with Crippen LogP contribution in [0.15, 0.2) is 27.8 Å². The highest BCUT2D eigenvalue weighted by molar-refractivity contribution is 6.10. The topological polar surface area (TPSA) is 81.8 Å². The number of benzene rings is 1. The summed E-state index contributed by atoms with van der Waals surface area (Å²) < 4.78 is 4.68. The third-order valence-corrected chi connectivity index (χ3v) is 4.50. The van der Waals surface area contributed by atoms with E-state index >= 15 is 0 Å². The van der Waals surface area contributed by atoms with Crippen LogP contribution >= 0.6 is 0 Å². The number of nitrogens with zero attached hydrogens (tertiary/aromatic N) is 3. The molecular formula is C18H22N4O3. The van der Waals surface area contributed by atoms with Crippen molar-refractivity contribution in [2.75, 3.05) is 0 Å². The molecule has 0 radical (unpaired) electrons. The SMILES string of the molecule is CCCn1c(=O)n(CC)c2ccc(C(=O)c3c(C)[nH]n(C)c3=O)cc21. The van der Waals surface area contributed by atoms with E-state index in [1.165, 1.54) is 4.68 Å². The lowest BCUT2D eigenvalue weighted by atomic mass is 10.0. The molecule has 7 nitrogen and oxygen atoms in total. The fraction of sp³-hybridized carbons (Fsp3) is 0.389. The molecule has 3 rings (SSSR count). The summed E-state index contributed by atoms with van der Waals surface area (Å²) in [6.07, 6.45) is 0.818. The van der Waals surface area contributed by atoms with Crippen LogP contribution in [0.5, 0.6) is 0 Å². The van der Waals surface area contributed by atoms with Crippen LogP contribution in [0.4, 0.5) is 0 Å². The Labute approximate surface area is 144 Å². The summed E-state index contributed by atoms with van der Waals surface area (Å²) >= 11 is 0. The smallest absolute Gasteiger partial charge is 0.299 e. The van der Waals surface area contributed by atoms with E-state index in [2.05, 4.69) is 5.10 Å². The van der Waals surface area contributed by atoms with Gasteiger partial charge in [0.2, 0.25) is 5.78 Å². The molecule has 132 valence electrons. The van der Waals surface area contributed by atoms with Crippen LogP contribution in [-0.2, 0) is 20.1 Å². The van der Waals surface area contributed by atoms with Gasteiger partial charge in [0.05, 0.1) is 11.0 Å². The standard InChI is InChI=1S/C18H22N4O3/c1-5-9-22-14-10-12(7-8-13(14)21(6-2)18(22)25)16(23)15-11(3)19-20(4)17(15)24/h7-8,10,19H,5-6,9H2,1-4H3. The Kier molecular flexibility index (Phi) is 4.24. The van der Waals surface area contributed by atoms with Gasteiger partial charge in [-0.2, -0.15) is 0 Å². The maximum Gasteiger partial charge on any atom is 0.329 e. The summed E-state index contributed by atoms with van der Waals surface area (Å²) in [5.41, 5.74) is 2.19. The van der Waals surface area contributed by atoms with Crippen LogP contribution in [0, 0.1) is 6.92 Å². The third kappa shape index (κ3) is 2.56. The number of carbonyl (C=O) groups excluding carboxylic acids is 1. The second-order valence-corrected chi connectivity index (χ2v) is 6.19. The molecule has 2 aromatic heterocycles. The van der Waals surface area contributed by atoms with Crippen molar-refractivity contribution in [1.29, 1.82) is 0 Å². The average molecular weight is 342 g/mol. The lowest BCUT2D eigenvalue weighted by Crippen LogP contribution is -2.23. The van der Waals surface area contributed by atoms with Gasteiger partial charge in [0, 0.05) is 31.4 Å². The first-order valence-corrected chi connectivity index (χ1v) is 8.44. The zero-order chi connectivity index (χ0) is 18.3. The number of ketones is 1. The summed E-state index contributed by atoms with van der Waals surface area (Å²) in [5, 5.41) is 2.84. The van der Waals surface area contributed by atoms with Gasteiger partial charge in [0.1, 0.15) is 5.56 Å². The fourth-order valence-electron chi connectivity index (χ4n) is 3.30. The maximum absolute atomic E-state index is 12.8. The summed E-state index contributed by atoms with van der Waals surface area (Å²) in [6.45, 7) is 6.78. The van der Waals surface area contributed by atoms with Gasteiger partial charge in [-0.3, -0.25) is 28.5 Å². The summed E-state index contributed by atoms with van der Waals surface area (Å²) in [5.74, 6) is -0.332. The van der Waals surface area contributed by atoms with Crippen molar-refractivity contribution in [1.82, 2.24) is 18.9 Å². The number of carbonyl (C=O) groups is 1. The Hall–Kier alpha value is -2.83. The predicted octanol–water partition coefficient (Wildman–Crippen LogP) is 1.80. The molecule has 0 atom stereocenters. The number of rotatable bonds is 5. The molecule has 0 fully saturated rings. The van der Waals surface area contributed by atoms with Gasteiger partial charge in [-0.25, -0.2) is 4.79 Å². The molecule has 0 unspecified atom stereocenters. The van der Waals surface area contributed by atoms with Crippen molar-refractivity contribution in [2.24, 2.45) is 7.05 Å². The van der Waals surface area contributed by atoms with Gasteiger partial charge >= 0.3 is 5.69 Å². The van der Waals surface area contributed by atoms with Crippen molar-refractivity contribution in [3.8, 4) is 0 Å². The molecule has 7 heteroatoms. The normalized spacial score (nSPS) is 11.4. The van der Waals surface area contributed by atoms with Gasteiger partial charge in [0.15, 0.2) is 0 Å². The molecule has 2 heterocycles. The Balaban J connectivity index is 2.22. The second-order valence-electron chi connectivity index (χ2n) is 6.19. The number of aryl methyl sites for hydroxylation is 4. The Morgan fingerprint density at radius 1 is 1.12 bits per heavy atom. The molecule has 0 aliphatic heterocycles. The van der Waals surface area contributed by atoms with E-state index in [0.29, 0.717) is 24.3 Å². The molecule has 0 bridgehead atoms. The van der Waals surface area contributed by atoms with E-state index in [0.717, 1.165) is 17.5 Å². The first-order valence-electron chi connectivity index (χ1n) is 8.44. The van der Waals surface area contributed by atoms with Crippen LogP contribution in [-0.4, -0.2) is 24.7 Å². The van der Waals surface area contributed by atoms with Crippen molar-refractivity contribution in [3.63, 3.8) is 0 Å². The molecule has 3 aromatic rings. The molecule has 0 amide bonds. The highest BCUT2D eigenvalue weighted by Crippen LogP contribution is 2.18. The lowest BCUT2D eigenvalue weighted by Gasteiger charge is -2.03. The van der Waals surface area contributed by atoms with E-state index in [-0.39, 0.29) is 22.6 Å². The number of aromatic amines is 1. The number of H-pyrrole nitrogens is 1. The zero-order valence-corrected chi connectivity index (χ0v) is 14.9. The van der Waals surface area contributed by atoms with Gasteiger partial charge in [0.25, 0.3) is 5.56 Å². The van der Waals surface area contributed by atoms with Crippen LogP contribution < -0.4 is 11.2 Å². The zero-order valence-electron chi connectivity index (χ0n) is 14.9. The molecule has 0 aliphatic rings. The quantitative estimate of drug-likeness (QED) is 0.718. The Morgan fingerprint density at radius 2 is 1.84 bits per heavy atom. The monoisotopic (exact) mass is 342 g/mol. The number of aromatic nitrogens is 4. The molecule has 1 aromatic carbocycles. The molecule has 0 aliphatic carbocycles. The van der Waals surface area contributed by atoms with Crippen LogP contribution in [0.2, 0.25) is 0 Å². The van der Waals surface area contributed by atoms with Gasteiger partial charge in [-0.05, 0) is 38.5 Å². The molecule has 25 heavy (non-hydrogen) atoms. The van der Waals surface area contributed by atoms with Crippen molar-refractivity contribution >= 4 is 16.8 Å². The maximum atomic E-state index is 12.8. The van der Waals surface area contributed by atoms with Crippen molar-refractivity contribution in [2.45, 2.75) is 40.3 Å². The van der Waals surface area contributed by atoms with Crippen molar-refractivity contribution in [3.05, 3.63) is 55.9 Å². The minimum absolute atomic E-state index is 0.0716. The van der Waals surface area contributed by atoms with Crippen LogP contribution in [0.3, 0.4) is 0 Å². The highest BCUT2D eigenvalue weighted by atomic mass is 16.2. The van der Waals surface area contributed by atoms with Gasteiger partial charge in [-0.15, -0.1) is 0 Å². The summed E-state index contributed by atoms with van der Waals surface area (Å²) in [6, 6.07) is 5.18. The van der Waals surface area contributed by atoms with E-state index in [1.54, 1.807) is 41.3 Å². The number of fused-ring (bicyclic) bond motifs is 1. The molecule has 0 saturated heterocycles. The van der Waals surface area contributed by atoms with E-state index in [9.17, 15) is 14.4 Å². The molecular weight excluding hydrogens is 320 g/mol. The average Bonchev–Trinajstić information content (AvgIpc) is 3.00. The number of imidazole rings is 1. The van der Waals surface area contributed by atoms with Crippen LogP contribution in [0.1, 0.15) is 41.9 Å². The van der Waals surface area contributed by atoms with Crippen LogP contribution in [0.25, 0.3) is 11.0 Å². The second kappa shape index (κ2) is 6.23. The minimum atomic E-state index is -0.348. The molecule has 0 spiro atoms. The molecule has 1 N–H and O–H groups in total. The summed E-state index contributed by atoms with van der Waals surface area (Å²) in [7, 11) is 1.58. The number of nitrogens with one attached hydrogen (secondary N) is 1. The van der Waals surface area contributed by atoms with E-state index in [1.807, 2.05) is 13.8 Å². The number of hydrogen-bond acceptors (Lipinski definition) is 3. The Bertz CT molecular complexity index is 1080. The number of hydrogen-bond donors (Lipinski definition) is 1. The first-order chi connectivity index (χ1) is 11.9. The minimum Gasteiger partial charge on any atom is -0.299 e. The van der Waals surface area contributed by atoms with E-state index < -0.39 is 0 Å². The van der Waals surface area contributed by atoms with Crippen molar-refractivity contribution < 1.29 is 4.79 Å². The largest absolute Gasteiger partial charge is 0.329 e. The van der Waals surface area contributed by atoms with Gasteiger partial charge < -0.3 is 0 Å². The fourth-order valence-corrected chi connectivity index (χ4v) is 3.30. The Morgan fingerprint density at radius 3 is 2.40 bits per heavy atom. The first kappa shape index (κ1) is 17.0. The third-order valence-electron chi connectivity index (χ3n) is 4.50. The lowest BCUT2D eigenvalue weighted by molar-refractivity contribution is 0.103. The highest BCUT2D eigenvalue weighted by Gasteiger charge is 2.21.